The average molecular weight is 229 g/mol. The number of hydrogen-bond acceptors (Lipinski definition) is 4. The zero-order chi connectivity index (χ0) is 11.3. The Labute approximate surface area is 95.4 Å². The Hall–Kier alpha value is -0.520. The highest BCUT2D eigenvalue weighted by molar-refractivity contribution is 7.99. The minimum absolute atomic E-state index is 0.772. The van der Waals surface area contributed by atoms with Crippen LogP contribution in [0, 0.1) is 6.92 Å². The summed E-state index contributed by atoms with van der Waals surface area (Å²) in [4.78, 5) is 0. The highest BCUT2D eigenvalue weighted by atomic mass is 32.2. The van der Waals surface area contributed by atoms with Crippen LogP contribution in [0.5, 0.6) is 0 Å². The van der Waals surface area contributed by atoms with Gasteiger partial charge in [0.15, 0.2) is 0 Å². The van der Waals surface area contributed by atoms with Crippen molar-refractivity contribution in [2.24, 2.45) is 7.05 Å². The molecule has 1 rings (SSSR count). The van der Waals surface area contributed by atoms with Gasteiger partial charge >= 0.3 is 0 Å². The molecule has 15 heavy (non-hydrogen) atoms. The summed E-state index contributed by atoms with van der Waals surface area (Å²) in [5.41, 5.74) is 2.40. The van der Waals surface area contributed by atoms with Gasteiger partial charge < -0.3 is 10.1 Å². The Morgan fingerprint density at radius 3 is 2.87 bits per heavy atom. The molecule has 5 heteroatoms. The summed E-state index contributed by atoms with van der Waals surface area (Å²) >= 11 is 1.79. The number of ether oxygens (including phenoxy) is 1. The fraction of sp³-hybridized carbons (Fsp3) is 0.700. The van der Waals surface area contributed by atoms with Crippen molar-refractivity contribution in [3.8, 4) is 0 Å². The van der Waals surface area contributed by atoms with E-state index in [1.807, 2.05) is 25.7 Å². The lowest BCUT2D eigenvalue weighted by atomic mass is 10.3. The first-order chi connectivity index (χ1) is 7.20. The molecule has 0 aliphatic carbocycles. The summed E-state index contributed by atoms with van der Waals surface area (Å²) in [7, 11) is 5.67. The number of thioether (sulfide) groups is 1. The average Bonchev–Trinajstić information content (AvgIpc) is 2.45. The number of aromatic nitrogens is 2. The number of aryl methyl sites for hydroxylation is 2. The summed E-state index contributed by atoms with van der Waals surface area (Å²) in [5.74, 6) is 0.964. The second kappa shape index (κ2) is 6.15. The van der Waals surface area contributed by atoms with Crippen molar-refractivity contribution < 1.29 is 4.74 Å². The number of hydrogen-bond donors (Lipinski definition) is 1. The van der Waals surface area contributed by atoms with E-state index in [2.05, 4.69) is 10.4 Å². The zero-order valence-electron chi connectivity index (χ0n) is 9.83. The van der Waals surface area contributed by atoms with Gasteiger partial charge in [-0.25, -0.2) is 0 Å². The molecular formula is C10H19N3OS. The van der Waals surface area contributed by atoms with E-state index < -0.39 is 0 Å². The molecule has 1 aromatic heterocycles. The van der Waals surface area contributed by atoms with Gasteiger partial charge in [-0.2, -0.15) is 5.10 Å². The van der Waals surface area contributed by atoms with E-state index in [0.29, 0.717) is 0 Å². The number of nitrogens with zero attached hydrogens (tertiary/aromatic N) is 2. The maximum atomic E-state index is 5.04. The van der Waals surface area contributed by atoms with Crippen LogP contribution in [-0.2, 0) is 18.3 Å². The maximum Gasteiger partial charge on any atom is 0.0985 e. The van der Waals surface area contributed by atoms with Gasteiger partial charge in [0.05, 0.1) is 17.3 Å². The van der Waals surface area contributed by atoms with Crippen molar-refractivity contribution in [3.05, 3.63) is 11.3 Å². The summed E-state index contributed by atoms with van der Waals surface area (Å²) in [6.07, 6.45) is 0. The fourth-order valence-corrected chi connectivity index (χ4v) is 2.53. The summed E-state index contributed by atoms with van der Waals surface area (Å²) in [6.45, 7) is 3.69. The van der Waals surface area contributed by atoms with Gasteiger partial charge in [0.2, 0.25) is 0 Å². The number of methoxy groups -OCH3 is 1. The first-order valence-electron chi connectivity index (χ1n) is 4.99. The number of nitrogens with one attached hydrogen (secondary N) is 1. The fourth-order valence-electron chi connectivity index (χ4n) is 1.46. The summed E-state index contributed by atoms with van der Waals surface area (Å²) in [5, 5.41) is 8.83. The van der Waals surface area contributed by atoms with E-state index in [-0.39, 0.29) is 0 Å². The molecule has 0 fully saturated rings. The van der Waals surface area contributed by atoms with Gasteiger partial charge in [0, 0.05) is 32.0 Å². The van der Waals surface area contributed by atoms with E-state index in [0.717, 1.165) is 24.6 Å². The van der Waals surface area contributed by atoms with E-state index in [1.54, 1.807) is 18.9 Å². The minimum atomic E-state index is 0.772. The van der Waals surface area contributed by atoms with E-state index >= 15 is 0 Å². The smallest absolute Gasteiger partial charge is 0.0985 e. The lowest BCUT2D eigenvalue weighted by Gasteiger charge is -2.05. The first kappa shape index (κ1) is 12.5. The highest BCUT2D eigenvalue weighted by Crippen LogP contribution is 2.24. The second-order valence-corrected chi connectivity index (χ2v) is 4.45. The monoisotopic (exact) mass is 229 g/mol. The molecule has 0 saturated heterocycles. The molecular weight excluding hydrogens is 210 g/mol. The van der Waals surface area contributed by atoms with Crippen LogP contribution >= 0.6 is 11.8 Å². The van der Waals surface area contributed by atoms with Crippen molar-refractivity contribution in [2.45, 2.75) is 18.5 Å². The standard InChI is InChI=1S/C10H19N3OS/c1-8-9(7-11-2)10(13(3)12-8)15-6-5-14-4/h11H,5-7H2,1-4H3. The lowest BCUT2D eigenvalue weighted by molar-refractivity contribution is 0.218. The van der Waals surface area contributed by atoms with Crippen molar-refractivity contribution in [3.63, 3.8) is 0 Å². The van der Waals surface area contributed by atoms with Crippen molar-refractivity contribution in [1.82, 2.24) is 15.1 Å². The normalized spacial score (nSPS) is 10.9. The molecule has 0 saturated carbocycles. The van der Waals surface area contributed by atoms with Crippen molar-refractivity contribution in [2.75, 3.05) is 26.5 Å². The molecule has 0 spiro atoms. The van der Waals surface area contributed by atoms with E-state index in [9.17, 15) is 0 Å². The van der Waals surface area contributed by atoms with Crippen LogP contribution in [0.25, 0.3) is 0 Å². The molecule has 0 aliphatic rings. The summed E-state index contributed by atoms with van der Waals surface area (Å²) in [6, 6.07) is 0. The van der Waals surface area contributed by atoms with Gasteiger partial charge in [-0.1, -0.05) is 0 Å². The second-order valence-electron chi connectivity index (χ2n) is 3.36. The number of rotatable bonds is 6. The molecule has 0 amide bonds. The van der Waals surface area contributed by atoms with E-state index in [4.69, 9.17) is 4.74 Å². The SMILES string of the molecule is CNCc1c(C)nn(C)c1SCCOC. The van der Waals surface area contributed by atoms with Crippen molar-refractivity contribution >= 4 is 11.8 Å². The Morgan fingerprint density at radius 2 is 2.27 bits per heavy atom. The Morgan fingerprint density at radius 1 is 1.53 bits per heavy atom. The molecule has 4 nitrogen and oxygen atoms in total. The predicted octanol–water partition coefficient (Wildman–Crippen LogP) is 1.19. The minimum Gasteiger partial charge on any atom is -0.384 e. The maximum absolute atomic E-state index is 5.04. The largest absolute Gasteiger partial charge is 0.384 e. The molecule has 1 heterocycles. The molecule has 0 aromatic carbocycles. The Bertz CT molecular complexity index is 312. The molecule has 0 atom stereocenters. The van der Waals surface area contributed by atoms with Crippen LogP contribution in [0.15, 0.2) is 5.03 Å². The molecule has 0 aliphatic heterocycles. The third-order valence-corrected chi connectivity index (χ3v) is 3.32. The first-order valence-corrected chi connectivity index (χ1v) is 5.98. The zero-order valence-corrected chi connectivity index (χ0v) is 10.6. The van der Waals surface area contributed by atoms with Crippen LogP contribution in [-0.4, -0.2) is 36.3 Å². The Kier molecular flexibility index (Phi) is 5.14. The van der Waals surface area contributed by atoms with E-state index in [1.165, 1.54) is 10.6 Å². The van der Waals surface area contributed by atoms with Crippen molar-refractivity contribution in [1.29, 1.82) is 0 Å². The Balaban J connectivity index is 2.74. The molecule has 0 unspecified atom stereocenters. The molecule has 1 N–H and O–H groups in total. The summed E-state index contributed by atoms with van der Waals surface area (Å²) < 4.78 is 6.99. The van der Waals surface area contributed by atoms with Gasteiger partial charge in [0.25, 0.3) is 0 Å². The molecule has 1 aromatic rings. The van der Waals surface area contributed by atoms with Crippen LogP contribution in [0.4, 0.5) is 0 Å². The van der Waals surface area contributed by atoms with Gasteiger partial charge in [-0.3, -0.25) is 4.68 Å². The van der Waals surface area contributed by atoms with Crippen LogP contribution in [0.2, 0.25) is 0 Å². The third-order valence-electron chi connectivity index (χ3n) is 2.17. The van der Waals surface area contributed by atoms with Gasteiger partial charge in [-0.15, -0.1) is 11.8 Å². The van der Waals surface area contributed by atoms with Crippen LogP contribution in [0.3, 0.4) is 0 Å². The predicted molar refractivity (Wildman–Crippen MR) is 63.3 cm³/mol. The topological polar surface area (TPSA) is 39.1 Å². The third kappa shape index (κ3) is 3.22. The van der Waals surface area contributed by atoms with Gasteiger partial charge in [-0.05, 0) is 14.0 Å². The van der Waals surface area contributed by atoms with Gasteiger partial charge in [0.1, 0.15) is 0 Å². The highest BCUT2D eigenvalue weighted by Gasteiger charge is 2.12. The quantitative estimate of drug-likeness (QED) is 0.587. The van der Waals surface area contributed by atoms with Crippen LogP contribution < -0.4 is 5.32 Å². The molecule has 0 bridgehead atoms. The van der Waals surface area contributed by atoms with Crippen LogP contribution in [0.1, 0.15) is 11.3 Å². The lowest BCUT2D eigenvalue weighted by Crippen LogP contribution is -2.07. The molecule has 86 valence electrons. The molecule has 0 radical (unpaired) electrons.